The number of ether oxygens (including phenoxy) is 2. The molecule has 4 nitrogen and oxygen atoms in total. The van der Waals surface area contributed by atoms with Crippen molar-refractivity contribution in [3.63, 3.8) is 0 Å². The van der Waals surface area contributed by atoms with Gasteiger partial charge in [0.25, 0.3) is 0 Å². The Hall–Kier alpha value is 1.03. The van der Waals surface area contributed by atoms with Crippen molar-refractivity contribution >= 4 is 57.4 Å². The number of carbonyl (C=O) groups is 1. The molecule has 1 rings (SSSR count). The van der Waals surface area contributed by atoms with E-state index in [0.29, 0.717) is 0 Å². The standard InChI is InChI=1S/C6H10O4.K.H/c1-6(2)9-3-4(10-6)5(7)8;;/h4H,3H2,1-2H3,(H,7,8);;/t4-;;/m1../s1. The predicted octanol–water partition coefficient (Wildman–Crippen LogP) is -0.426. The van der Waals surface area contributed by atoms with Gasteiger partial charge in [0.2, 0.25) is 0 Å². The maximum atomic E-state index is 10.3. The Morgan fingerprint density at radius 2 is 2.18 bits per heavy atom. The SMILES string of the molecule is CC1(C)OC[C@H](C(=O)O)O1.[KH]. The molecule has 0 aliphatic carbocycles. The minimum atomic E-state index is -0.967. The fraction of sp³-hybridized carbons (Fsp3) is 0.833. The summed E-state index contributed by atoms with van der Waals surface area (Å²) in [6.07, 6.45) is -0.796. The van der Waals surface area contributed by atoms with Crippen molar-refractivity contribution in [2.45, 2.75) is 25.7 Å². The van der Waals surface area contributed by atoms with E-state index in [4.69, 9.17) is 14.6 Å². The predicted molar refractivity (Wildman–Crippen MR) is 39.7 cm³/mol. The quantitative estimate of drug-likeness (QED) is 0.565. The molecule has 60 valence electrons. The van der Waals surface area contributed by atoms with Crippen molar-refractivity contribution in [2.24, 2.45) is 0 Å². The van der Waals surface area contributed by atoms with Crippen LogP contribution in [0.4, 0.5) is 0 Å². The Kier molecular flexibility index (Phi) is 4.72. The third-order valence-corrected chi connectivity index (χ3v) is 1.28. The summed E-state index contributed by atoms with van der Waals surface area (Å²) in [4.78, 5) is 10.3. The van der Waals surface area contributed by atoms with E-state index < -0.39 is 17.9 Å². The van der Waals surface area contributed by atoms with E-state index in [-0.39, 0.29) is 58.0 Å². The molecule has 5 heteroatoms. The van der Waals surface area contributed by atoms with Crippen LogP contribution < -0.4 is 0 Å². The van der Waals surface area contributed by atoms with Gasteiger partial charge < -0.3 is 14.6 Å². The van der Waals surface area contributed by atoms with Gasteiger partial charge in [0.15, 0.2) is 11.9 Å². The second-order valence-electron chi connectivity index (χ2n) is 2.66. The molecule has 0 unspecified atom stereocenters. The molecule has 0 spiro atoms. The minimum absolute atomic E-state index is 0. The number of carboxylic acids is 1. The first kappa shape index (κ1) is 12.0. The van der Waals surface area contributed by atoms with Gasteiger partial charge in [-0.3, -0.25) is 0 Å². The van der Waals surface area contributed by atoms with Crippen LogP contribution in [0.15, 0.2) is 0 Å². The summed E-state index contributed by atoms with van der Waals surface area (Å²) in [5.74, 6) is -1.70. The average molecular weight is 186 g/mol. The summed E-state index contributed by atoms with van der Waals surface area (Å²) in [7, 11) is 0. The van der Waals surface area contributed by atoms with E-state index in [1.54, 1.807) is 13.8 Å². The van der Waals surface area contributed by atoms with Crippen molar-refractivity contribution in [3.8, 4) is 0 Å². The Morgan fingerprint density at radius 1 is 1.64 bits per heavy atom. The van der Waals surface area contributed by atoms with Gasteiger partial charge in [0.05, 0.1) is 6.61 Å². The monoisotopic (exact) mass is 186 g/mol. The van der Waals surface area contributed by atoms with Crippen LogP contribution in [0.2, 0.25) is 0 Å². The number of carboxylic acid groups (broad SMARTS) is 1. The van der Waals surface area contributed by atoms with Crippen LogP contribution in [-0.4, -0.2) is 81.0 Å². The fourth-order valence-electron chi connectivity index (χ4n) is 0.809. The van der Waals surface area contributed by atoms with E-state index in [0.717, 1.165) is 0 Å². The molecular formula is C6H11KO4. The molecule has 0 saturated carbocycles. The second kappa shape index (κ2) is 4.32. The first-order valence-electron chi connectivity index (χ1n) is 3.06. The van der Waals surface area contributed by atoms with Gasteiger partial charge in [-0.25, -0.2) is 4.79 Å². The zero-order valence-electron chi connectivity index (χ0n) is 5.96. The van der Waals surface area contributed by atoms with E-state index in [2.05, 4.69) is 0 Å². The van der Waals surface area contributed by atoms with Gasteiger partial charge in [-0.1, -0.05) is 0 Å². The van der Waals surface area contributed by atoms with E-state index in [9.17, 15) is 4.79 Å². The third kappa shape index (κ3) is 3.50. The Balaban J connectivity index is 0.000001000. The molecular weight excluding hydrogens is 175 g/mol. The molecule has 11 heavy (non-hydrogen) atoms. The van der Waals surface area contributed by atoms with Gasteiger partial charge in [-0.15, -0.1) is 0 Å². The Labute approximate surface area is 108 Å². The molecule has 1 aliphatic heterocycles. The molecule has 0 aromatic heterocycles. The van der Waals surface area contributed by atoms with Crippen LogP contribution in [0.25, 0.3) is 0 Å². The zero-order valence-corrected chi connectivity index (χ0v) is 5.96. The fourth-order valence-corrected chi connectivity index (χ4v) is 0.809. The van der Waals surface area contributed by atoms with Crippen molar-refractivity contribution < 1.29 is 19.4 Å². The van der Waals surface area contributed by atoms with Crippen molar-refractivity contribution in [1.82, 2.24) is 0 Å². The second-order valence-corrected chi connectivity index (χ2v) is 2.66. The third-order valence-electron chi connectivity index (χ3n) is 1.28. The molecule has 1 atom stereocenters. The van der Waals surface area contributed by atoms with Crippen LogP contribution in [0.1, 0.15) is 13.8 Å². The maximum absolute atomic E-state index is 10.3. The van der Waals surface area contributed by atoms with Crippen molar-refractivity contribution in [1.29, 1.82) is 0 Å². The number of hydrogen-bond acceptors (Lipinski definition) is 3. The molecule has 0 aromatic carbocycles. The zero-order chi connectivity index (χ0) is 7.78. The molecule has 1 aliphatic rings. The van der Waals surface area contributed by atoms with Crippen molar-refractivity contribution in [2.75, 3.05) is 6.61 Å². The summed E-state index contributed by atoms with van der Waals surface area (Å²) in [6, 6.07) is 0. The van der Waals surface area contributed by atoms with Crippen molar-refractivity contribution in [3.05, 3.63) is 0 Å². The van der Waals surface area contributed by atoms with Crippen LogP contribution in [0.5, 0.6) is 0 Å². The average Bonchev–Trinajstić information content (AvgIpc) is 2.10. The molecule has 1 saturated heterocycles. The summed E-state index contributed by atoms with van der Waals surface area (Å²) in [6.45, 7) is 3.52. The molecule has 0 amide bonds. The Morgan fingerprint density at radius 3 is 2.36 bits per heavy atom. The summed E-state index contributed by atoms with van der Waals surface area (Å²) < 4.78 is 10.00. The molecule has 1 N–H and O–H groups in total. The normalized spacial score (nSPS) is 27.6. The molecule has 0 aromatic rings. The van der Waals surface area contributed by atoms with E-state index in [1.807, 2.05) is 0 Å². The van der Waals surface area contributed by atoms with Crippen LogP contribution in [0, 0.1) is 0 Å². The summed E-state index contributed by atoms with van der Waals surface area (Å²) in [5, 5.41) is 8.44. The van der Waals surface area contributed by atoms with Gasteiger partial charge >= 0.3 is 57.4 Å². The van der Waals surface area contributed by atoms with E-state index >= 15 is 0 Å². The van der Waals surface area contributed by atoms with E-state index in [1.165, 1.54) is 0 Å². The van der Waals surface area contributed by atoms with Gasteiger partial charge in [0.1, 0.15) is 0 Å². The first-order chi connectivity index (χ1) is 4.51. The number of rotatable bonds is 1. The first-order valence-corrected chi connectivity index (χ1v) is 3.06. The number of hydrogen-bond donors (Lipinski definition) is 1. The summed E-state index contributed by atoms with van der Waals surface area (Å²) >= 11 is 0. The number of aliphatic carboxylic acids is 1. The Bertz CT molecular complexity index is 157. The van der Waals surface area contributed by atoms with Crippen LogP contribution >= 0.6 is 0 Å². The van der Waals surface area contributed by atoms with Crippen LogP contribution in [-0.2, 0) is 14.3 Å². The molecule has 0 bridgehead atoms. The molecule has 1 fully saturated rings. The van der Waals surface area contributed by atoms with Crippen LogP contribution in [0.3, 0.4) is 0 Å². The summed E-state index contributed by atoms with van der Waals surface area (Å²) in [5.41, 5.74) is 0. The van der Waals surface area contributed by atoms with Gasteiger partial charge in [0, 0.05) is 0 Å². The topological polar surface area (TPSA) is 55.8 Å². The molecule has 1 heterocycles. The van der Waals surface area contributed by atoms with Gasteiger partial charge in [-0.2, -0.15) is 0 Å². The van der Waals surface area contributed by atoms with Gasteiger partial charge in [-0.05, 0) is 13.8 Å². The molecule has 0 radical (unpaired) electrons.